The maximum Gasteiger partial charge on any atom is 0.144 e. The predicted octanol–water partition coefficient (Wildman–Crippen LogP) is 4.80. The Morgan fingerprint density at radius 3 is 2.13 bits per heavy atom. The fraction of sp³-hybridized carbons (Fsp3) is 0.222. The van der Waals surface area contributed by atoms with E-state index < -0.39 is 0 Å². The molecule has 0 aliphatic heterocycles. The van der Waals surface area contributed by atoms with E-state index in [2.05, 4.69) is 4.99 Å². The minimum atomic E-state index is 0.00632. The highest BCUT2D eigenvalue weighted by atomic mass is 35.5. The van der Waals surface area contributed by atoms with Gasteiger partial charge in [0.15, 0.2) is 0 Å². The molecule has 0 heterocycles. The second-order valence-corrected chi connectivity index (χ2v) is 6.25. The van der Waals surface area contributed by atoms with Crippen molar-refractivity contribution >= 4 is 40.5 Å². The normalized spacial score (nSPS) is 11.6. The fourth-order valence-electron chi connectivity index (χ4n) is 2.37. The molecule has 2 aromatic carbocycles. The van der Waals surface area contributed by atoms with Crippen molar-refractivity contribution in [3.8, 4) is 0 Å². The quantitative estimate of drug-likeness (QED) is 0.623. The first-order chi connectivity index (χ1) is 10.9. The van der Waals surface area contributed by atoms with Gasteiger partial charge in [-0.05, 0) is 42.7 Å². The number of carbonyl (C=O) groups is 1. The third kappa shape index (κ3) is 4.57. The number of amidine groups is 1. The van der Waals surface area contributed by atoms with Gasteiger partial charge in [0, 0.05) is 6.42 Å². The van der Waals surface area contributed by atoms with Crippen molar-refractivity contribution in [1.29, 1.82) is 0 Å². The van der Waals surface area contributed by atoms with Crippen LogP contribution in [-0.4, -0.2) is 11.6 Å². The first-order valence-corrected chi connectivity index (χ1v) is 7.98. The average molecular weight is 349 g/mol. The maximum absolute atomic E-state index is 12.3. The molecule has 0 atom stereocenters. The smallest absolute Gasteiger partial charge is 0.144 e. The van der Waals surface area contributed by atoms with Gasteiger partial charge in [-0.15, -0.1) is 0 Å². The lowest BCUT2D eigenvalue weighted by molar-refractivity contribution is -0.117. The minimum absolute atomic E-state index is 0.00632. The van der Waals surface area contributed by atoms with Crippen molar-refractivity contribution in [1.82, 2.24) is 0 Å². The van der Waals surface area contributed by atoms with Crippen molar-refractivity contribution in [2.45, 2.75) is 26.7 Å². The van der Waals surface area contributed by atoms with Crippen molar-refractivity contribution < 1.29 is 4.79 Å². The number of nitrogens with two attached hydrogens (primary N) is 1. The molecule has 0 bridgehead atoms. The fourth-order valence-corrected chi connectivity index (χ4v) is 2.85. The number of benzene rings is 2. The van der Waals surface area contributed by atoms with Crippen LogP contribution in [-0.2, 0) is 11.2 Å². The second kappa shape index (κ2) is 7.62. The van der Waals surface area contributed by atoms with Crippen LogP contribution in [0, 0.1) is 13.8 Å². The lowest BCUT2D eigenvalue weighted by atomic mass is 9.97. The Balaban J connectivity index is 2.12. The summed E-state index contributed by atoms with van der Waals surface area (Å²) >= 11 is 12.1. The molecular weight excluding hydrogens is 331 g/mol. The molecule has 0 radical (unpaired) electrons. The van der Waals surface area contributed by atoms with Crippen molar-refractivity contribution in [2.75, 3.05) is 0 Å². The Hall–Kier alpha value is -1.84. The van der Waals surface area contributed by atoms with E-state index >= 15 is 0 Å². The summed E-state index contributed by atoms with van der Waals surface area (Å²) in [5.41, 5.74) is 9.53. The average Bonchev–Trinajstić information content (AvgIpc) is 2.47. The van der Waals surface area contributed by atoms with Gasteiger partial charge in [0.05, 0.1) is 16.5 Å². The number of aryl methyl sites for hydroxylation is 2. The molecule has 0 spiro atoms. The number of para-hydroxylation sites is 1. The van der Waals surface area contributed by atoms with E-state index in [-0.39, 0.29) is 18.0 Å². The highest BCUT2D eigenvalue weighted by Gasteiger charge is 2.11. The third-order valence-electron chi connectivity index (χ3n) is 3.59. The highest BCUT2D eigenvalue weighted by Crippen LogP contribution is 2.32. The number of halogens is 2. The standard InChI is InChI=1S/C18H18Cl2N2O/c1-11-5-3-6-12(2)14(11)9-13(23)10-17(21)22-18-15(19)7-4-8-16(18)20/h3-8H,9-10H2,1-2H3,(H2,21,22). The van der Waals surface area contributed by atoms with Crippen molar-refractivity contribution in [3.63, 3.8) is 0 Å². The number of aliphatic imine (C=N–C) groups is 1. The van der Waals surface area contributed by atoms with E-state index in [1.54, 1.807) is 18.2 Å². The molecule has 2 rings (SSSR count). The molecule has 0 fully saturated rings. The predicted molar refractivity (Wildman–Crippen MR) is 97.0 cm³/mol. The molecule has 0 amide bonds. The zero-order chi connectivity index (χ0) is 17.0. The zero-order valence-corrected chi connectivity index (χ0v) is 14.6. The van der Waals surface area contributed by atoms with Gasteiger partial charge in [0.25, 0.3) is 0 Å². The summed E-state index contributed by atoms with van der Waals surface area (Å²) in [6.07, 6.45) is 0.403. The Bertz CT molecular complexity index is 729. The number of rotatable bonds is 5. The summed E-state index contributed by atoms with van der Waals surface area (Å²) in [6, 6.07) is 11.1. The van der Waals surface area contributed by atoms with E-state index in [1.807, 2.05) is 32.0 Å². The van der Waals surface area contributed by atoms with E-state index in [4.69, 9.17) is 28.9 Å². The van der Waals surface area contributed by atoms with Gasteiger partial charge in [-0.3, -0.25) is 4.79 Å². The van der Waals surface area contributed by atoms with Crippen molar-refractivity contribution in [2.24, 2.45) is 10.7 Å². The Kier molecular flexibility index (Phi) is 5.80. The molecule has 0 unspecified atom stereocenters. The zero-order valence-electron chi connectivity index (χ0n) is 13.1. The van der Waals surface area contributed by atoms with Crippen LogP contribution in [0.15, 0.2) is 41.4 Å². The van der Waals surface area contributed by atoms with Crippen LogP contribution in [0.1, 0.15) is 23.1 Å². The van der Waals surface area contributed by atoms with Crippen LogP contribution in [0.3, 0.4) is 0 Å². The molecule has 120 valence electrons. The van der Waals surface area contributed by atoms with Gasteiger partial charge in [-0.1, -0.05) is 47.5 Å². The van der Waals surface area contributed by atoms with Crippen LogP contribution in [0.25, 0.3) is 0 Å². The molecule has 0 saturated heterocycles. The topological polar surface area (TPSA) is 55.5 Å². The number of nitrogens with zero attached hydrogens (tertiary/aromatic N) is 1. The number of carbonyl (C=O) groups excluding carboxylic acids is 1. The molecule has 0 aromatic heterocycles. The van der Waals surface area contributed by atoms with Crippen LogP contribution in [0.4, 0.5) is 5.69 Å². The Morgan fingerprint density at radius 1 is 1.04 bits per heavy atom. The number of ketones is 1. The molecule has 23 heavy (non-hydrogen) atoms. The first kappa shape index (κ1) is 17.5. The third-order valence-corrected chi connectivity index (χ3v) is 4.20. The highest BCUT2D eigenvalue weighted by molar-refractivity contribution is 6.38. The molecule has 3 nitrogen and oxygen atoms in total. The molecule has 5 heteroatoms. The van der Waals surface area contributed by atoms with Gasteiger partial charge in [0.1, 0.15) is 17.3 Å². The number of Topliss-reactive ketones (excluding diaryl/α,β-unsaturated/α-hetero) is 1. The van der Waals surface area contributed by atoms with E-state index in [0.717, 1.165) is 16.7 Å². The molecule has 0 aliphatic rings. The Morgan fingerprint density at radius 2 is 1.57 bits per heavy atom. The molecule has 2 N–H and O–H groups in total. The van der Waals surface area contributed by atoms with E-state index in [1.165, 1.54) is 0 Å². The number of hydrogen-bond donors (Lipinski definition) is 1. The van der Waals surface area contributed by atoms with E-state index in [9.17, 15) is 4.79 Å². The molecule has 0 aliphatic carbocycles. The summed E-state index contributed by atoms with van der Waals surface area (Å²) in [5, 5.41) is 0.810. The van der Waals surface area contributed by atoms with Crippen LogP contribution in [0.2, 0.25) is 10.0 Å². The SMILES string of the molecule is Cc1cccc(C)c1CC(=O)CC(N)=Nc1c(Cl)cccc1Cl. The van der Waals surface area contributed by atoms with Gasteiger partial charge in [-0.25, -0.2) is 4.99 Å². The largest absolute Gasteiger partial charge is 0.387 e. The molecule has 0 saturated carbocycles. The van der Waals surface area contributed by atoms with Gasteiger partial charge in [-0.2, -0.15) is 0 Å². The monoisotopic (exact) mass is 348 g/mol. The summed E-state index contributed by atoms with van der Waals surface area (Å²) in [4.78, 5) is 16.5. The van der Waals surface area contributed by atoms with E-state index in [0.29, 0.717) is 22.2 Å². The van der Waals surface area contributed by atoms with Gasteiger partial charge in [0.2, 0.25) is 0 Å². The summed E-state index contributed by atoms with van der Waals surface area (Å²) < 4.78 is 0. The maximum atomic E-state index is 12.3. The summed E-state index contributed by atoms with van der Waals surface area (Å²) in [7, 11) is 0. The summed E-state index contributed by atoms with van der Waals surface area (Å²) in [6.45, 7) is 3.99. The van der Waals surface area contributed by atoms with Gasteiger partial charge < -0.3 is 5.73 Å². The van der Waals surface area contributed by atoms with Gasteiger partial charge >= 0.3 is 0 Å². The van der Waals surface area contributed by atoms with Crippen LogP contribution < -0.4 is 5.73 Å². The molecular formula is C18H18Cl2N2O. The van der Waals surface area contributed by atoms with Crippen molar-refractivity contribution in [3.05, 3.63) is 63.1 Å². The first-order valence-electron chi connectivity index (χ1n) is 7.22. The second-order valence-electron chi connectivity index (χ2n) is 5.44. The number of hydrogen-bond acceptors (Lipinski definition) is 2. The lowest BCUT2D eigenvalue weighted by Gasteiger charge is -2.09. The summed E-state index contributed by atoms with van der Waals surface area (Å²) in [5.74, 6) is 0.211. The minimum Gasteiger partial charge on any atom is -0.387 e. The van der Waals surface area contributed by atoms with Crippen LogP contribution in [0.5, 0.6) is 0 Å². The van der Waals surface area contributed by atoms with Crippen LogP contribution >= 0.6 is 23.2 Å². The lowest BCUT2D eigenvalue weighted by Crippen LogP contribution is -2.18. The molecule has 2 aromatic rings. The Labute approximate surface area is 146 Å².